The standard InChI is InChI=1S/C18H25NO4/c1-17(2)15(18(17,3)4)16(22)19(5)10-12-6-8-13(9-7-12)23-11-14(20)21/h6-9,15H,10-11H2,1-5H3,(H,20,21). The van der Waals surface area contributed by atoms with Gasteiger partial charge in [-0.1, -0.05) is 39.8 Å². The van der Waals surface area contributed by atoms with Crippen molar-refractivity contribution >= 4 is 11.9 Å². The Morgan fingerprint density at radius 1 is 1.13 bits per heavy atom. The average molecular weight is 319 g/mol. The van der Waals surface area contributed by atoms with Crippen molar-refractivity contribution in [3.05, 3.63) is 29.8 Å². The van der Waals surface area contributed by atoms with Gasteiger partial charge in [0.05, 0.1) is 0 Å². The summed E-state index contributed by atoms with van der Waals surface area (Å²) in [4.78, 5) is 24.8. The van der Waals surface area contributed by atoms with Crippen molar-refractivity contribution in [2.45, 2.75) is 34.2 Å². The Kier molecular flexibility index (Phi) is 4.42. The first-order valence-electron chi connectivity index (χ1n) is 7.76. The van der Waals surface area contributed by atoms with Gasteiger partial charge in [0.25, 0.3) is 0 Å². The van der Waals surface area contributed by atoms with E-state index in [1.54, 1.807) is 17.0 Å². The summed E-state index contributed by atoms with van der Waals surface area (Å²) < 4.78 is 5.10. The molecule has 0 heterocycles. The number of nitrogens with zero attached hydrogens (tertiary/aromatic N) is 1. The summed E-state index contributed by atoms with van der Waals surface area (Å²) in [5.41, 5.74) is 1.06. The number of carboxylic acid groups (broad SMARTS) is 1. The van der Waals surface area contributed by atoms with Gasteiger partial charge < -0.3 is 14.7 Å². The molecule has 23 heavy (non-hydrogen) atoms. The van der Waals surface area contributed by atoms with Crippen molar-refractivity contribution in [2.24, 2.45) is 16.7 Å². The summed E-state index contributed by atoms with van der Waals surface area (Å²) in [6.45, 7) is 8.72. The molecule has 0 spiro atoms. The van der Waals surface area contributed by atoms with Gasteiger partial charge in [-0.3, -0.25) is 4.79 Å². The molecule has 1 fully saturated rings. The van der Waals surface area contributed by atoms with Crippen LogP contribution in [0.4, 0.5) is 0 Å². The molecule has 0 aliphatic heterocycles. The maximum atomic E-state index is 12.6. The molecule has 1 N–H and O–H groups in total. The molecule has 0 aromatic heterocycles. The SMILES string of the molecule is CN(Cc1ccc(OCC(=O)O)cc1)C(=O)C1C(C)(C)C1(C)C. The van der Waals surface area contributed by atoms with Gasteiger partial charge in [-0.05, 0) is 28.5 Å². The molecule has 2 rings (SSSR count). The van der Waals surface area contributed by atoms with Gasteiger partial charge in [-0.2, -0.15) is 0 Å². The van der Waals surface area contributed by atoms with E-state index in [4.69, 9.17) is 9.84 Å². The van der Waals surface area contributed by atoms with Crippen molar-refractivity contribution in [2.75, 3.05) is 13.7 Å². The summed E-state index contributed by atoms with van der Waals surface area (Å²) in [7, 11) is 1.82. The second kappa shape index (κ2) is 5.87. The predicted molar refractivity (Wildman–Crippen MR) is 87.1 cm³/mol. The lowest BCUT2D eigenvalue weighted by Gasteiger charge is -2.19. The normalized spacial score (nSPS) is 18.3. The minimum absolute atomic E-state index is 0.0346. The van der Waals surface area contributed by atoms with E-state index in [1.165, 1.54) is 0 Å². The quantitative estimate of drug-likeness (QED) is 0.875. The Bertz CT molecular complexity index is 590. The first-order valence-corrected chi connectivity index (χ1v) is 7.76. The van der Waals surface area contributed by atoms with Crippen LogP contribution >= 0.6 is 0 Å². The van der Waals surface area contributed by atoms with E-state index < -0.39 is 5.97 Å². The molecule has 1 aliphatic carbocycles. The zero-order chi connectivity index (χ0) is 17.4. The molecule has 1 amide bonds. The van der Waals surface area contributed by atoms with Crippen molar-refractivity contribution < 1.29 is 19.4 Å². The third-order valence-corrected chi connectivity index (χ3v) is 5.35. The molecule has 0 bridgehead atoms. The molecule has 0 atom stereocenters. The molecule has 1 aliphatic rings. The van der Waals surface area contributed by atoms with E-state index in [0.29, 0.717) is 12.3 Å². The molecule has 0 unspecified atom stereocenters. The number of aliphatic carboxylic acids is 1. The second-order valence-electron chi connectivity index (χ2n) is 7.40. The van der Waals surface area contributed by atoms with E-state index >= 15 is 0 Å². The van der Waals surface area contributed by atoms with Crippen LogP contribution < -0.4 is 4.74 Å². The fourth-order valence-corrected chi connectivity index (χ4v) is 3.22. The number of ether oxygens (including phenoxy) is 1. The highest BCUT2D eigenvalue weighted by Gasteiger charge is 2.68. The fraction of sp³-hybridized carbons (Fsp3) is 0.556. The predicted octanol–water partition coefficient (Wildman–Crippen LogP) is 2.79. The van der Waals surface area contributed by atoms with Crippen molar-refractivity contribution in [3.63, 3.8) is 0 Å². The Balaban J connectivity index is 1.94. The van der Waals surface area contributed by atoms with Gasteiger partial charge in [0.2, 0.25) is 5.91 Å². The summed E-state index contributed by atoms with van der Waals surface area (Å²) in [6.07, 6.45) is 0. The van der Waals surface area contributed by atoms with E-state index in [9.17, 15) is 9.59 Å². The van der Waals surface area contributed by atoms with Crippen molar-refractivity contribution in [1.82, 2.24) is 4.90 Å². The van der Waals surface area contributed by atoms with Crippen LogP contribution in [-0.2, 0) is 16.1 Å². The van der Waals surface area contributed by atoms with Crippen molar-refractivity contribution in [1.29, 1.82) is 0 Å². The molecule has 1 saturated carbocycles. The molecule has 5 nitrogen and oxygen atoms in total. The summed E-state index contributed by atoms with van der Waals surface area (Å²) >= 11 is 0. The maximum absolute atomic E-state index is 12.6. The number of carbonyl (C=O) groups is 2. The third kappa shape index (κ3) is 3.33. The van der Waals surface area contributed by atoms with Crippen LogP contribution in [-0.4, -0.2) is 35.5 Å². The van der Waals surface area contributed by atoms with E-state index in [0.717, 1.165) is 5.56 Å². The first-order chi connectivity index (χ1) is 10.6. The van der Waals surface area contributed by atoms with Crippen molar-refractivity contribution in [3.8, 4) is 5.75 Å². The lowest BCUT2D eigenvalue weighted by molar-refractivity contribution is -0.139. The van der Waals surface area contributed by atoms with Gasteiger partial charge in [-0.25, -0.2) is 4.79 Å². The second-order valence-corrected chi connectivity index (χ2v) is 7.40. The molecule has 0 radical (unpaired) electrons. The van der Waals surface area contributed by atoms with Crippen LogP contribution in [0.3, 0.4) is 0 Å². The third-order valence-electron chi connectivity index (χ3n) is 5.35. The molecule has 5 heteroatoms. The highest BCUT2D eigenvalue weighted by molar-refractivity contribution is 5.84. The zero-order valence-electron chi connectivity index (χ0n) is 14.4. The minimum Gasteiger partial charge on any atom is -0.482 e. The van der Waals surface area contributed by atoms with Crippen LogP contribution in [0.25, 0.3) is 0 Å². The van der Waals surface area contributed by atoms with Gasteiger partial charge >= 0.3 is 5.97 Å². The Morgan fingerprint density at radius 2 is 1.65 bits per heavy atom. The van der Waals surface area contributed by atoms with Gasteiger partial charge in [0.15, 0.2) is 6.61 Å². The van der Waals surface area contributed by atoms with Gasteiger partial charge in [0, 0.05) is 19.5 Å². The monoisotopic (exact) mass is 319 g/mol. The Hall–Kier alpha value is -2.04. The summed E-state index contributed by atoms with van der Waals surface area (Å²) in [5.74, 6) is -0.270. The highest BCUT2D eigenvalue weighted by Crippen LogP contribution is 2.68. The van der Waals surface area contributed by atoms with Crippen LogP contribution in [0.5, 0.6) is 5.75 Å². The molecule has 1 aromatic carbocycles. The molecule has 1 aromatic rings. The van der Waals surface area contributed by atoms with Crippen LogP contribution in [0.2, 0.25) is 0 Å². The minimum atomic E-state index is -1.01. The number of rotatable bonds is 6. The van der Waals surface area contributed by atoms with Crippen LogP contribution in [0, 0.1) is 16.7 Å². The number of carbonyl (C=O) groups excluding carboxylic acids is 1. The Morgan fingerprint density at radius 3 is 2.09 bits per heavy atom. The lowest BCUT2D eigenvalue weighted by atomic mass is 10.0. The number of benzene rings is 1. The number of amides is 1. The fourth-order valence-electron chi connectivity index (χ4n) is 3.22. The zero-order valence-corrected chi connectivity index (χ0v) is 14.4. The number of carboxylic acids is 1. The van der Waals surface area contributed by atoms with Gasteiger partial charge in [-0.15, -0.1) is 0 Å². The van der Waals surface area contributed by atoms with E-state index in [1.807, 2.05) is 19.2 Å². The summed E-state index contributed by atoms with van der Waals surface area (Å²) in [5, 5.41) is 8.58. The largest absolute Gasteiger partial charge is 0.482 e. The number of hydrogen-bond donors (Lipinski definition) is 1. The van der Waals surface area contributed by atoms with Crippen LogP contribution in [0.1, 0.15) is 33.3 Å². The maximum Gasteiger partial charge on any atom is 0.341 e. The topological polar surface area (TPSA) is 66.8 Å². The van der Waals surface area contributed by atoms with E-state index in [-0.39, 0.29) is 29.3 Å². The first kappa shape index (κ1) is 17.3. The summed E-state index contributed by atoms with van der Waals surface area (Å²) in [6, 6.07) is 7.15. The molecular weight excluding hydrogens is 294 g/mol. The van der Waals surface area contributed by atoms with Gasteiger partial charge in [0.1, 0.15) is 5.75 Å². The average Bonchev–Trinajstić information content (AvgIpc) is 2.87. The lowest BCUT2D eigenvalue weighted by Crippen LogP contribution is -2.29. The van der Waals surface area contributed by atoms with Crippen LogP contribution in [0.15, 0.2) is 24.3 Å². The smallest absolute Gasteiger partial charge is 0.341 e. The highest BCUT2D eigenvalue weighted by atomic mass is 16.5. The molecular formula is C18H25NO4. The van der Waals surface area contributed by atoms with E-state index in [2.05, 4.69) is 27.7 Å². The molecule has 0 saturated heterocycles. The number of hydrogen-bond acceptors (Lipinski definition) is 3. The Labute approximate surface area is 137 Å². The molecule has 126 valence electrons.